The second kappa shape index (κ2) is 9.73. The van der Waals surface area contributed by atoms with Crippen molar-refractivity contribution in [1.29, 1.82) is 0 Å². The predicted molar refractivity (Wildman–Crippen MR) is 125 cm³/mol. The number of carbonyl (C=O) groups is 1. The number of para-hydroxylation sites is 2. The summed E-state index contributed by atoms with van der Waals surface area (Å²) in [5.74, 6) is 1.79. The summed E-state index contributed by atoms with van der Waals surface area (Å²) in [5, 5.41) is 2.99. The number of hydrogen-bond acceptors (Lipinski definition) is 4. The zero-order chi connectivity index (χ0) is 22.5. The number of nitrogens with zero attached hydrogens (tertiary/aromatic N) is 2. The first-order valence-electron chi connectivity index (χ1n) is 11.0. The maximum Gasteiger partial charge on any atom is 0.287 e. The molecule has 2 heterocycles. The monoisotopic (exact) mass is 431 g/mol. The van der Waals surface area contributed by atoms with Crippen LogP contribution >= 0.6 is 0 Å². The van der Waals surface area contributed by atoms with Crippen molar-refractivity contribution in [2.24, 2.45) is 0 Å². The van der Waals surface area contributed by atoms with Crippen molar-refractivity contribution in [3.05, 3.63) is 83.6 Å². The molecular formula is C26H29N3O3. The van der Waals surface area contributed by atoms with Gasteiger partial charge in [0.15, 0.2) is 5.76 Å². The molecule has 0 saturated heterocycles. The molecular weight excluding hydrogens is 402 g/mol. The Labute approximate surface area is 188 Å². The number of aromatic nitrogens is 2. The highest BCUT2D eigenvalue weighted by molar-refractivity contribution is 5.91. The number of carbonyl (C=O) groups excluding carboxylic acids is 1. The fraction of sp³-hybridized carbons (Fsp3) is 0.308. The summed E-state index contributed by atoms with van der Waals surface area (Å²) in [5.41, 5.74) is 4.50. The van der Waals surface area contributed by atoms with Crippen LogP contribution in [0.25, 0.3) is 11.0 Å². The molecule has 2 aromatic heterocycles. The lowest BCUT2D eigenvalue weighted by atomic mass is 10.1. The van der Waals surface area contributed by atoms with Gasteiger partial charge in [0.2, 0.25) is 0 Å². The molecule has 1 amide bonds. The van der Waals surface area contributed by atoms with Crippen LogP contribution in [-0.4, -0.2) is 22.1 Å². The van der Waals surface area contributed by atoms with E-state index in [0.29, 0.717) is 12.4 Å². The SMILES string of the molecule is Cc1ccc(OCCCCn2c(C(C)NC(=O)c3ccco3)nc3ccccc32)cc1C. The van der Waals surface area contributed by atoms with Gasteiger partial charge in [0.1, 0.15) is 11.6 Å². The molecule has 0 aliphatic carbocycles. The number of hydrogen-bond donors (Lipinski definition) is 1. The van der Waals surface area contributed by atoms with Crippen LogP contribution in [0, 0.1) is 13.8 Å². The van der Waals surface area contributed by atoms with Gasteiger partial charge in [-0.2, -0.15) is 0 Å². The van der Waals surface area contributed by atoms with Gasteiger partial charge in [-0.1, -0.05) is 18.2 Å². The summed E-state index contributed by atoms with van der Waals surface area (Å²) >= 11 is 0. The summed E-state index contributed by atoms with van der Waals surface area (Å²) in [6.45, 7) is 7.60. The lowest BCUT2D eigenvalue weighted by molar-refractivity contribution is 0.0909. The van der Waals surface area contributed by atoms with Gasteiger partial charge in [-0.25, -0.2) is 4.98 Å². The van der Waals surface area contributed by atoms with Crippen molar-refractivity contribution < 1.29 is 13.9 Å². The fourth-order valence-corrected chi connectivity index (χ4v) is 3.77. The van der Waals surface area contributed by atoms with Gasteiger partial charge in [-0.3, -0.25) is 4.79 Å². The fourth-order valence-electron chi connectivity index (χ4n) is 3.77. The number of unbranched alkanes of at least 4 members (excludes halogenated alkanes) is 1. The molecule has 0 aliphatic rings. The second-order valence-electron chi connectivity index (χ2n) is 8.08. The Kier molecular flexibility index (Phi) is 6.59. The number of rotatable bonds is 9. The van der Waals surface area contributed by atoms with Crippen LogP contribution in [0.2, 0.25) is 0 Å². The minimum Gasteiger partial charge on any atom is -0.494 e. The molecule has 0 spiro atoms. The number of benzene rings is 2. The van der Waals surface area contributed by atoms with Gasteiger partial charge in [-0.05, 0) is 81.1 Å². The molecule has 0 radical (unpaired) electrons. The number of nitrogens with one attached hydrogen (secondary N) is 1. The maximum absolute atomic E-state index is 12.4. The third kappa shape index (κ3) is 4.85. The maximum atomic E-state index is 12.4. The van der Waals surface area contributed by atoms with E-state index in [1.807, 2.05) is 31.2 Å². The normalized spacial score (nSPS) is 12.1. The largest absolute Gasteiger partial charge is 0.494 e. The number of aryl methyl sites for hydroxylation is 3. The van der Waals surface area contributed by atoms with Crippen LogP contribution in [0.4, 0.5) is 0 Å². The first-order chi connectivity index (χ1) is 15.5. The molecule has 0 fully saturated rings. The van der Waals surface area contributed by atoms with E-state index in [1.165, 1.54) is 17.4 Å². The summed E-state index contributed by atoms with van der Waals surface area (Å²) < 4.78 is 13.3. The summed E-state index contributed by atoms with van der Waals surface area (Å²) in [4.78, 5) is 17.2. The smallest absolute Gasteiger partial charge is 0.287 e. The number of amides is 1. The Bertz CT molecular complexity index is 1190. The van der Waals surface area contributed by atoms with Crippen molar-refractivity contribution in [2.75, 3.05) is 6.61 Å². The summed E-state index contributed by atoms with van der Waals surface area (Å²) in [6, 6.07) is 17.4. The van der Waals surface area contributed by atoms with Crippen LogP contribution in [0.3, 0.4) is 0 Å². The van der Waals surface area contributed by atoms with Gasteiger partial charge < -0.3 is 19.0 Å². The number of imidazole rings is 1. The zero-order valence-electron chi connectivity index (χ0n) is 18.8. The molecule has 0 bridgehead atoms. The van der Waals surface area contributed by atoms with Crippen molar-refractivity contribution in [3.63, 3.8) is 0 Å². The van der Waals surface area contributed by atoms with Gasteiger partial charge in [0.25, 0.3) is 5.91 Å². The van der Waals surface area contributed by atoms with E-state index in [9.17, 15) is 4.79 Å². The molecule has 6 heteroatoms. The van der Waals surface area contributed by atoms with Crippen molar-refractivity contribution >= 4 is 16.9 Å². The average Bonchev–Trinajstić information content (AvgIpc) is 3.44. The summed E-state index contributed by atoms with van der Waals surface area (Å²) in [6.07, 6.45) is 3.36. The van der Waals surface area contributed by atoms with E-state index in [0.717, 1.165) is 42.0 Å². The van der Waals surface area contributed by atoms with Gasteiger partial charge >= 0.3 is 0 Å². The molecule has 6 nitrogen and oxygen atoms in total. The van der Waals surface area contributed by atoms with Crippen LogP contribution in [0.15, 0.2) is 65.3 Å². The quantitative estimate of drug-likeness (QED) is 0.350. The predicted octanol–water partition coefficient (Wildman–Crippen LogP) is 5.60. The molecule has 2 aromatic carbocycles. The van der Waals surface area contributed by atoms with Gasteiger partial charge in [-0.15, -0.1) is 0 Å². The minimum atomic E-state index is -0.258. The van der Waals surface area contributed by atoms with E-state index in [2.05, 4.69) is 41.9 Å². The highest BCUT2D eigenvalue weighted by Gasteiger charge is 2.20. The molecule has 4 aromatic rings. The molecule has 1 unspecified atom stereocenters. The standard InChI is InChI=1S/C26H29N3O3/c1-18-12-13-21(17-19(18)2)31-15-7-6-14-29-23-10-5-4-9-22(23)28-25(29)20(3)27-26(30)24-11-8-16-32-24/h4-5,8-13,16-17,20H,6-7,14-15H2,1-3H3,(H,27,30). The third-order valence-electron chi connectivity index (χ3n) is 5.69. The zero-order valence-corrected chi connectivity index (χ0v) is 18.8. The van der Waals surface area contributed by atoms with Crippen molar-refractivity contribution in [2.45, 2.75) is 46.2 Å². The first kappa shape index (κ1) is 21.7. The molecule has 166 valence electrons. The van der Waals surface area contributed by atoms with Gasteiger partial charge in [0, 0.05) is 6.54 Å². The minimum absolute atomic E-state index is 0.247. The van der Waals surface area contributed by atoms with Crippen molar-refractivity contribution in [1.82, 2.24) is 14.9 Å². The van der Waals surface area contributed by atoms with E-state index in [-0.39, 0.29) is 11.9 Å². The molecule has 4 rings (SSSR count). The lowest BCUT2D eigenvalue weighted by Crippen LogP contribution is -2.28. The molecule has 1 N–H and O–H groups in total. The van der Waals surface area contributed by atoms with E-state index < -0.39 is 0 Å². The Balaban J connectivity index is 1.40. The lowest BCUT2D eigenvalue weighted by Gasteiger charge is -2.16. The number of furan rings is 1. The van der Waals surface area contributed by atoms with Crippen LogP contribution in [-0.2, 0) is 6.54 Å². The molecule has 0 aliphatic heterocycles. The van der Waals surface area contributed by atoms with E-state index >= 15 is 0 Å². The summed E-state index contributed by atoms with van der Waals surface area (Å²) in [7, 11) is 0. The number of ether oxygens (including phenoxy) is 1. The Morgan fingerprint density at radius 2 is 1.94 bits per heavy atom. The average molecular weight is 432 g/mol. The molecule has 1 atom stereocenters. The van der Waals surface area contributed by atoms with E-state index in [4.69, 9.17) is 14.1 Å². The van der Waals surface area contributed by atoms with E-state index in [1.54, 1.807) is 12.1 Å². The van der Waals surface area contributed by atoms with Crippen LogP contribution in [0.5, 0.6) is 5.75 Å². The Morgan fingerprint density at radius 1 is 1.09 bits per heavy atom. The van der Waals surface area contributed by atoms with Crippen LogP contribution < -0.4 is 10.1 Å². The van der Waals surface area contributed by atoms with Crippen molar-refractivity contribution in [3.8, 4) is 5.75 Å². The van der Waals surface area contributed by atoms with Gasteiger partial charge in [0.05, 0.1) is 29.9 Å². The Hall–Kier alpha value is -3.54. The topological polar surface area (TPSA) is 69.3 Å². The molecule has 32 heavy (non-hydrogen) atoms. The third-order valence-corrected chi connectivity index (χ3v) is 5.69. The second-order valence-corrected chi connectivity index (χ2v) is 8.08. The highest BCUT2D eigenvalue weighted by atomic mass is 16.5. The first-order valence-corrected chi connectivity index (χ1v) is 11.0. The van der Waals surface area contributed by atoms with Crippen LogP contribution in [0.1, 0.15) is 53.3 Å². The molecule has 0 saturated carbocycles. The number of fused-ring (bicyclic) bond motifs is 1. The highest BCUT2D eigenvalue weighted by Crippen LogP contribution is 2.22. The Morgan fingerprint density at radius 3 is 2.72 bits per heavy atom.